The van der Waals surface area contributed by atoms with Gasteiger partial charge in [-0.05, 0) is 31.2 Å². The average Bonchev–Trinajstić information content (AvgIpc) is 3.39. The van der Waals surface area contributed by atoms with E-state index in [-0.39, 0.29) is 24.1 Å². The molecule has 1 N–H and O–H groups in total. The van der Waals surface area contributed by atoms with Gasteiger partial charge in [-0.25, -0.2) is 4.98 Å². The van der Waals surface area contributed by atoms with Crippen LogP contribution in [-0.2, 0) is 27.3 Å². The zero-order valence-electron chi connectivity index (χ0n) is 18.8. The quantitative estimate of drug-likeness (QED) is 0.250. The first kappa shape index (κ1) is 24.5. The number of hydrogen-bond acceptors (Lipinski definition) is 9. The molecule has 3 aromatic rings. The van der Waals surface area contributed by atoms with E-state index in [4.69, 9.17) is 4.74 Å². The van der Waals surface area contributed by atoms with Crippen LogP contribution in [0.2, 0.25) is 0 Å². The molecule has 0 saturated heterocycles. The van der Waals surface area contributed by atoms with Crippen molar-refractivity contribution in [3.05, 3.63) is 48.0 Å². The van der Waals surface area contributed by atoms with Crippen LogP contribution in [0.15, 0.2) is 47.5 Å². The summed E-state index contributed by atoms with van der Waals surface area (Å²) in [6.45, 7) is 6.42. The van der Waals surface area contributed by atoms with Gasteiger partial charge in [0.05, 0.1) is 24.5 Å². The number of aromatic nitrogens is 4. The summed E-state index contributed by atoms with van der Waals surface area (Å²) in [6.07, 6.45) is 1.85. The minimum Gasteiger partial charge on any atom is -0.466 e. The lowest BCUT2D eigenvalue weighted by Crippen LogP contribution is -2.15. The van der Waals surface area contributed by atoms with E-state index in [1.54, 1.807) is 18.4 Å². The summed E-state index contributed by atoms with van der Waals surface area (Å²) in [4.78, 5) is 30.3. The molecule has 9 nitrogen and oxygen atoms in total. The molecule has 1 aromatic carbocycles. The van der Waals surface area contributed by atoms with E-state index in [9.17, 15) is 9.59 Å². The molecule has 174 valence electrons. The predicted octanol–water partition coefficient (Wildman–Crippen LogP) is 3.49. The van der Waals surface area contributed by atoms with Crippen molar-refractivity contribution in [2.75, 3.05) is 36.7 Å². The number of hydrogen-bond donors (Lipinski definition) is 1. The molecule has 0 fully saturated rings. The minimum absolute atomic E-state index is 0.0813. The topological polar surface area (TPSA) is 102 Å². The Morgan fingerprint density at radius 3 is 2.70 bits per heavy atom. The van der Waals surface area contributed by atoms with Crippen LogP contribution in [0.25, 0.3) is 11.4 Å². The molecule has 2 heterocycles. The molecule has 33 heavy (non-hydrogen) atoms. The third-order valence-corrected chi connectivity index (χ3v) is 6.20. The highest BCUT2D eigenvalue weighted by Gasteiger charge is 2.16. The van der Waals surface area contributed by atoms with E-state index in [1.165, 1.54) is 23.1 Å². The highest BCUT2D eigenvalue weighted by atomic mass is 32.2. The smallest absolute Gasteiger partial charge is 0.311 e. The number of carbonyl (C=O) groups is 2. The van der Waals surface area contributed by atoms with Gasteiger partial charge in [0.2, 0.25) is 5.91 Å². The largest absolute Gasteiger partial charge is 0.466 e. The molecule has 1 amide bonds. The fourth-order valence-corrected chi connectivity index (χ4v) is 4.38. The van der Waals surface area contributed by atoms with Crippen molar-refractivity contribution in [2.45, 2.75) is 25.0 Å². The third kappa shape index (κ3) is 6.65. The maximum absolute atomic E-state index is 12.4. The third-order valence-electron chi connectivity index (χ3n) is 4.43. The molecule has 0 spiro atoms. The van der Waals surface area contributed by atoms with Crippen LogP contribution in [0.4, 0.5) is 10.8 Å². The Bertz CT molecular complexity index is 1110. The highest BCUT2D eigenvalue weighted by Crippen LogP contribution is 2.26. The minimum atomic E-state index is -0.343. The van der Waals surface area contributed by atoms with Gasteiger partial charge in [0, 0.05) is 37.3 Å². The number of thiazole rings is 1. The second-order valence-electron chi connectivity index (χ2n) is 7.11. The fraction of sp³-hybridized carbons (Fsp3) is 0.318. The molecule has 2 aromatic heterocycles. The van der Waals surface area contributed by atoms with Crippen LogP contribution < -0.4 is 10.2 Å². The molecule has 11 heteroatoms. The Hall–Kier alpha value is -3.18. The Morgan fingerprint density at radius 1 is 1.27 bits per heavy atom. The van der Waals surface area contributed by atoms with E-state index in [0.29, 0.717) is 35.0 Å². The Balaban J connectivity index is 1.63. The Labute approximate surface area is 200 Å². The number of thioether (sulfide) groups is 1. The number of anilines is 2. The van der Waals surface area contributed by atoms with Crippen molar-refractivity contribution in [2.24, 2.45) is 0 Å². The van der Waals surface area contributed by atoms with Gasteiger partial charge in [-0.2, -0.15) is 0 Å². The zero-order chi connectivity index (χ0) is 23.8. The molecule has 3 rings (SSSR count). The molecular weight excluding hydrogens is 460 g/mol. The van der Waals surface area contributed by atoms with Gasteiger partial charge >= 0.3 is 5.97 Å². The summed E-state index contributed by atoms with van der Waals surface area (Å²) < 4.78 is 6.84. The van der Waals surface area contributed by atoms with Crippen LogP contribution >= 0.6 is 23.1 Å². The molecule has 0 unspecified atom stereocenters. The summed E-state index contributed by atoms with van der Waals surface area (Å²) in [6, 6.07) is 8.03. The van der Waals surface area contributed by atoms with Crippen LogP contribution in [0.1, 0.15) is 12.6 Å². The number of nitrogens with zero attached hydrogens (tertiary/aromatic N) is 5. The van der Waals surface area contributed by atoms with E-state index >= 15 is 0 Å². The van der Waals surface area contributed by atoms with Gasteiger partial charge in [-0.3, -0.25) is 14.2 Å². The normalized spacial score (nSPS) is 10.6. The summed E-state index contributed by atoms with van der Waals surface area (Å²) >= 11 is 2.55. The lowest BCUT2D eigenvalue weighted by atomic mass is 10.2. The van der Waals surface area contributed by atoms with Crippen LogP contribution in [0.5, 0.6) is 0 Å². The first-order valence-electron chi connectivity index (χ1n) is 10.3. The monoisotopic (exact) mass is 486 g/mol. The highest BCUT2D eigenvalue weighted by molar-refractivity contribution is 7.99. The maximum atomic E-state index is 12.4. The number of nitrogens with one attached hydrogen (secondary N) is 1. The van der Waals surface area contributed by atoms with Crippen molar-refractivity contribution in [3.8, 4) is 11.4 Å². The van der Waals surface area contributed by atoms with Gasteiger partial charge in [0.1, 0.15) is 0 Å². The van der Waals surface area contributed by atoms with Crippen LogP contribution in [0.3, 0.4) is 0 Å². The predicted molar refractivity (Wildman–Crippen MR) is 132 cm³/mol. The summed E-state index contributed by atoms with van der Waals surface area (Å²) in [5.74, 6) is 0.292. The van der Waals surface area contributed by atoms with Crippen molar-refractivity contribution >= 4 is 45.8 Å². The lowest BCUT2D eigenvalue weighted by molar-refractivity contribution is -0.142. The summed E-state index contributed by atoms with van der Waals surface area (Å²) in [7, 11) is 3.98. The Kier molecular flexibility index (Phi) is 8.61. The number of esters is 1. The molecular formula is C22H26N6O3S2. The van der Waals surface area contributed by atoms with Crippen molar-refractivity contribution < 1.29 is 14.3 Å². The van der Waals surface area contributed by atoms with E-state index in [2.05, 4.69) is 27.1 Å². The first-order chi connectivity index (χ1) is 15.9. The number of carbonyl (C=O) groups excluding carboxylic acids is 2. The van der Waals surface area contributed by atoms with E-state index in [1.807, 2.05) is 47.8 Å². The molecule has 0 aliphatic heterocycles. The molecule has 0 atom stereocenters. The van der Waals surface area contributed by atoms with Gasteiger partial charge in [0.25, 0.3) is 0 Å². The zero-order valence-corrected chi connectivity index (χ0v) is 20.4. The maximum Gasteiger partial charge on any atom is 0.311 e. The number of benzene rings is 1. The number of rotatable bonds is 11. The molecule has 0 saturated carbocycles. The SMILES string of the molecule is C=CCn1c(SCC(=O)Nc2nc(CC(=O)OCC)cs2)nnc1-c1ccc(N(C)C)cc1. The Morgan fingerprint density at radius 2 is 2.03 bits per heavy atom. The van der Waals surface area contributed by atoms with E-state index < -0.39 is 0 Å². The standard InChI is InChI=1S/C22H26N6O3S2/c1-5-11-28-20(15-7-9-17(10-8-15)27(3)4)25-26-22(28)33-14-18(29)24-21-23-16(13-32-21)12-19(30)31-6-2/h5,7-10,13H,1,6,11-12,14H2,2-4H3,(H,23,24,29). The van der Waals surface area contributed by atoms with E-state index in [0.717, 1.165) is 11.3 Å². The number of amides is 1. The first-order valence-corrected chi connectivity index (χ1v) is 12.1. The molecule has 0 bridgehead atoms. The number of allylic oxidation sites excluding steroid dienone is 1. The van der Waals surface area contributed by atoms with Gasteiger partial charge in [-0.15, -0.1) is 28.1 Å². The second kappa shape index (κ2) is 11.6. The van der Waals surface area contributed by atoms with Crippen molar-refractivity contribution in [3.63, 3.8) is 0 Å². The average molecular weight is 487 g/mol. The van der Waals surface area contributed by atoms with Crippen LogP contribution in [-0.4, -0.2) is 58.1 Å². The molecule has 0 radical (unpaired) electrons. The van der Waals surface area contributed by atoms with Crippen LogP contribution in [0, 0.1) is 0 Å². The van der Waals surface area contributed by atoms with Crippen molar-refractivity contribution in [1.29, 1.82) is 0 Å². The van der Waals surface area contributed by atoms with Gasteiger partial charge < -0.3 is 15.0 Å². The molecule has 0 aliphatic rings. The van der Waals surface area contributed by atoms with Gasteiger partial charge in [0.15, 0.2) is 16.1 Å². The summed E-state index contributed by atoms with van der Waals surface area (Å²) in [5.41, 5.74) is 2.59. The lowest BCUT2D eigenvalue weighted by Gasteiger charge is -2.13. The fourth-order valence-electron chi connectivity index (χ4n) is 2.90. The summed E-state index contributed by atoms with van der Waals surface area (Å²) in [5, 5.41) is 14.2. The van der Waals surface area contributed by atoms with Crippen molar-refractivity contribution in [1.82, 2.24) is 19.7 Å². The van der Waals surface area contributed by atoms with Gasteiger partial charge in [-0.1, -0.05) is 17.8 Å². The second-order valence-corrected chi connectivity index (χ2v) is 8.91. The molecule has 0 aliphatic carbocycles. The number of ether oxygens (including phenoxy) is 1.